The second-order valence-electron chi connectivity index (χ2n) is 4.50. The van der Waals surface area contributed by atoms with E-state index in [0.717, 1.165) is 23.1 Å². The van der Waals surface area contributed by atoms with Crippen molar-refractivity contribution in [2.24, 2.45) is 5.92 Å². The maximum absolute atomic E-state index is 4.56. The zero-order valence-corrected chi connectivity index (χ0v) is 10.1. The number of hydrogen-bond acceptors (Lipinski definition) is 3. The second kappa shape index (κ2) is 4.42. The van der Waals surface area contributed by atoms with E-state index in [1.807, 2.05) is 6.07 Å². The maximum Gasteiger partial charge on any atom is 0.183 e. The van der Waals surface area contributed by atoms with Gasteiger partial charge in [-0.1, -0.05) is 42.7 Å². The standard InChI is InChI=1S/C13H16N2S/c1-2-7-12-11(6-1)15-13(16-12)14-9-8-10-4-3-5-10/h1-2,6-7,10H,3-5,8-9H2,(H,14,15). The monoisotopic (exact) mass is 232 g/mol. The van der Waals surface area contributed by atoms with Crippen LogP contribution in [-0.2, 0) is 0 Å². The molecule has 1 heterocycles. The molecule has 1 saturated carbocycles. The molecule has 0 unspecified atom stereocenters. The summed E-state index contributed by atoms with van der Waals surface area (Å²) in [6, 6.07) is 8.31. The van der Waals surface area contributed by atoms with Crippen LogP contribution in [0.4, 0.5) is 5.13 Å². The fourth-order valence-corrected chi connectivity index (χ4v) is 3.00. The lowest BCUT2D eigenvalue weighted by molar-refractivity contribution is 0.303. The van der Waals surface area contributed by atoms with Gasteiger partial charge in [0.15, 0.2) is 5.13 Å². The lowest BCUT2D eigenvalue weighted by Gasteiger charge is -2.24. The average Bonchev–Trinajstić information content (AvgIpc) is 2.64. The molecule has 1 aromatic heterocycles. The van der Waals surface area contributed by atoms with E-state index < -0.39 is 0 Å². The third-order valence-electron chi connectivity index (χ3n) is 3.35. The number of anilines is 1. The van der Waals surface area contributed by atoms with E-state index in [0.29, 0.717) is 0 Å². The van der Waals surface area contributed by atoms with Gasteiger partial charge in [-0.05, 0) is 24.5 Å². The highest BCUT2D eigenvalue weighted by atomic mass is 32.1. The van der Waals surface area contributed by atoms with Gasteiger partial charge in [0.2, 0.25) is 0 Å². The first-order chi connectivity index (χ1) is 7.92. The van der Waals surface area contributed by atoms with Crippen molar-refractivity contribution in [3.05, 3.63) is 24.3 Å². The number of fused-ring (bicyclic) bond motifs is 1. The second-order valence-corrected chi connectivity index (χ2v) is 5.53. The van der Waals surface area contributed by atoms with Crippen LogP contribution in [0.1, 0.15) is 25.7 Å². The van der Waals surface area contributed by atoms with Gasteiger partial charge in [0.1, 0.15) is 0 Å². The van der Waals surface area contributed by atoms with Gasteiger partial charge in [-0.2, -0.15) is 0 Å². The van der Waals surface area contributed by atoms with Crippen LogP contribution in [0, 0.1) is 5.92 Å². The maximum atomic E-state index is 4.56. The summed E-state index contributed by atoms with van der Waals surface area (Å²) >= 11 is 1.75. The molecule has 16 heavy (non-hydrogen) atoms. The van der Waals surface area contributed by atoms with E-state index >= 15 is 0 Å². The third-order valence-corrected chi connectivity index (χ3v) is 4.34. The van der Waals surface area contributed by atoms with Gasteiger partial charge in [-0.3, -0.25) is 0 Å². The summed E-state index contributed by atoms with van der Waals surface area (Å²) in [5, 5.41) is 4.51. The van der Waals surface area contributed by atoms with Gasteiger partial charge in [-0.15, -0.1) is 0 Å². The van der Waals surface area contributed by atoms with Crippen molar-refractivity contribution in [1.82, 2.24) is 4.98 Å². The molecule has 0 bridgehead atoms. The molecule has 3 rings (SSSR count). The van der Waals surface area contributed by atoms with Crippen molar-refractivity contribution >= 4 is 26.7 Å². The van der Waals surface area contributed by atoms with E-state index in [4.69, 9.17) is 0 Å². The van der Waals surface area contributed by atoms with Crippen LogP contribution < -0.4 is 5.32 Å². The summed E-state index contributed by atoms with van der Waals surface area (Å²) in [5.74, 6) is 0.974. The predicted molar refractivity (Wildman–Crippen MR) is 70.1 cm³/mol. The predicted octanol–water partition coefficient (Wildman–Crippen LogP) is 3.90. The Morgan fingerprint density at radius 1 is 1.31 bits per heavy atom. The molecule has 0 spiro atoms. The molecule has 0 amide bonds. The van der Waals surface area contributed by atoms with Crippen LogP contribution in [0.2, 0.25) is 0 Å². The molecule has 0 radical (unpaired) electrons. The highest BCUT2D eigenvalue weighted by Gasteiger charge is 2.16. The number of rotatable bonds is 4. The summed E-state index contributed by atoms with van der Waals surface area (Å²) in [7, 11) is 0. The number of nitrogens with one attached hydrogen (secondary N) is 1. The van der Waals surface area contributed by atoms with Gasteiger partial charge < -0.3 is 5.32 Å². The van der Waals surface area contributed by atoms with Crippen LogP contribution in [0.3, 0.4) is 0 Å². The molecule has 0 atom stereocenters. The lowest BCUT2D eigenvalue weighted by atomic mass is 9.83. The summed E-state index contributed by atoms with van der Waals surface area (Å²) < 4.78 is 1.27. The van der Waals surface area contributed by atoms with Crippen LogP contribution in [0.5, 0.6) is 0 Å². The van der Waals surface area contributed by atoms with Crippen molar-refractivity contribution in [2.45, 2.75) is 25.7 Å². The van der Waals surface area contributed by atoms with Crippen molar-refractivity contribution in [3.8, 4) is 0 Å². The quantitative estimate of drug-likeness (QED) is 0.864. The first kappa shape index (κ1) is 10.1. The van der Waals surface area contributed by atoms with Gasteiger partial charge in [-0.25, -0.2) is 4.98 Å². The summed E-state index contributed by atoms with van der Waals surface area (Å²) in [6.45, 7) is 1.07. The fraction of sp³-hybridized carbons (Fsp3) is 0.462. The Balaban J connectivity index is 1.60. The zero-order chi connectivity index (χ0) is 10.8. The number of para-hydroxylation sites is 1. The summed E-state index contributed by atoms with van der Waals surface area (Å²) in [5.41, 5.74) is 1.11. The molecule has 1 aliphatic rings. The zero-order valence-electron chi connectivity index (χ0n) is 9.28. The highest BCUT2D eigenvalue weighted by Crippen LogP contribution is 2.30. The highest BCUT2D eigenvalue weighted by molar-refractivity contribution is 7.22. The third kappa shape index (κ3) is 2.05. The molecule has 1 N–H and O–H groups in total. The molecule has 1 fully saturated rings. The molecule has 3 heteroatoms. The largest absolute Gasteiger partial charge is 0.361 e. The first-order valence-corrected chi connectivity index (χ1v) is 6.83. The molecule has 2 nitrogen and oxygen atoms in total. The van der Waals surface area contributed by atoms with Crippen molar-refractivity contribution < 1.29 is 0 Å². The number of nitrogens with zero attached hydrogens (tertiary/aromatic N) is 1. The van der Waals surface area contributed by atoms with Crippen molar-refractivity contribution in [3.63, 3.8) is 0 Å². The van der Waals surface area contributed by atoms with E-state index in [2.05, 4.69) is 28.5 Å². The van der Waals surface area contributed by atoms with Gasteiger partial charge >= 0.3 is 0 Å². The molecular weight excluding hydrogens is 216 g/mol. The molecule has 1 aliphatic carbocycles. The minimum Gasteiger partial charge on any atom is -0.361 e. The van der Waals surface area contributed by atoms with Crippen LogP contribution in [0.25, 0.3) is 10.2 Å². The number of hydrogen-bond donors (Lipinski definition) is 1. The lowest BCUT2D eigenvalue weighted by Crippen LogP contribution is -2.15. The summed E-state index contributed by atoms with van der Waals surface area (Å²) in [6.07, 6.45) is 5.60. The van der Waals surface area contributed by atoms with Crippen LogP contribution >= 0.6 is 11.3 Å². The first-order valence-electron chi connectivity index (χ1n) is 6.01. The van der Waals surface area contributed by atoms with E-state index in [1.54, 1.807) is 11.3 Å². The Morgan fingerprint density at radius 2 is 2.19 bits per heavy atom. The van der Waals surface area contributed by atoms with E-state index in [1.165, 1.54) is 30.4 Å². The minimum absolute atomic E-state index is 0.974. The van der Waals surface area contributed by atoms with Gasteiger partial charge in [0.25, 0.3) is 0 Å². The van der Waals surface area contributed by atoms with Gasteiger partial charge in [0, 0.05) is 6.54 Å². The topological polar surface area (TPSA) is 24.9 Å². The Hall–Kier alpha value is -1.09. The SMILES string of the molecule is c1ccc2sc(NCCC3CCC3)nc2c1. The van der Waals surface area contributed by atoms with E-state index in [-0.39, 0.29) is 0 Å². The molecule has 0 aliphatic heterocycles. The molecule has 2 aromatic rings. The Morgan fingerprint density at radius 3 is 2.94 bits per heavy atom. The molecule has 1 aromatic carbocycles. The molecule has 0 saturated heterocycles. The Labute approximate surface area is 99.7 Å². The van der Waals surface area contributed by atoms with E-state index in [9.17, 15) is 0 Å². The van der Waals surface area contributed by atoms with Crippen molar-refractivity contribution in [2.75, 3.05) is 11.9 Å². The molecular formula is C13H16N2S. The van der Waals surface area contributed by atoms with Crippen molar-refractivity contribution in [1.29, 1.82) is 0 Å². The van der Waals surface area contributed by atoms with Crippen LogP contribution in [0.15, 0.2) is 24.3 Å². The Kier molecular flexibility index (Phi) is 2.79. The van der Waals surface area contributed by atoms with Crippen LogP contribution in [-0.4, -0.2) is 11.5 Å². The number of aromatic nitrogens is 1. The fourth-order valence-electron chi connectivity index (χ4n) is 2.11. The number of benzene rings is 1. The smallest absolute Gasteiger partial charge is 0.183 e. The minimum atomic E-state index is 0.974. The number of thiazole rings is 1. The van der Waals surface area contributed by atoms with Gasteiger partial charge in [0.05, 0.1) is 10.2 Å². The average molecular weight is 232 g/mol. The normalized spacial score (nSPS) is 16.2. The Bertz CT molecular complexity index is 440. The summed E-state index contributed by atoms with van der Waals surface area (Å²) in [4.78, 5) is 4.56. The molecule has 84 valence electrons.